The smallest absolute Gasteiger partial charge is 0.182 e. The second-order valence-corrected chi connectivity index (χ2v) is 3.66. The van der Waals surface area contributed by atoms with Crippen molar-refractivity contribution in [2.75, 3.05) is 0 Å². The van der Waals surface area contributed by atoms with Crippen molar-refractivity contribution in [3.8, 4) is 0 Å². The first-order valence-electron chi connectivity index (χ1n) is 4.90. The summed E-state index contributed by atoms with van der Waals surface area (Å²) in [5.41, 5.74) is 1.19. The van der Waals surface area contributed by atoms with Crippen LogP contribution in [0.1, 0.15) is 23.6 Å². The molecule has 0 spiro atoms. The summed E-state index contributed by atoms with van der Waals surface area (Å²) in [6.45, 7) is 0. The molecule has 1 aliphatic heterocycles. The van der Waals surface area contributed by atoms with E-state index >= 15 is 0 Å². The fourth-order valence-corrected chi connectivity index (χ4v) is 1.69. The highest BCUT2D eigenvalue weighted by molar-refractivity contribution is 5.24. The number of aryl methyl sites for hydroxylation is 1. The lowest BCUT2D eigenvalue weighted by Gasteiger charge is -1.92. The molecule has 2 aromatic rings. The molecule has 0 bridgehead atoms. The zero-order chi connectivity index (χ0) is 10.3. The number of epoxide rings is 1. The van der Waals surface area contributed by atoms with Gasteiger partial charge in [-0.15, -0.1) is 0 Å². The van der Waals surface area contributed by atoms with Crippen LogP contribution in [0, 0.1) is 0 Å². The summed E-state index contributed by atoms with van der Waals surface area (Å²) in [6.07, 6.45) is 1.86. The minimum absolute atomic E-state index is 0.0357. The number of hydrogen-bond donors (Lipinski definition) is 0. The van der Waals surface area contributed by atoms with Crippen LogP contribution < -0.4 is 0 Å². The number of nitrogens with zero attached hydrogens (tertiary/aromatic N) is 3. The largest absolute Gasteiger partial charge is 0.356 e. The maximum absolute atomic E-state index is 5.56. The average molecular weight is 201 g/mol. The molecule has 1 fully saturated rings. The third kappa shape index (κ3) is 1.53. The van der Waals surface area contributed by atoms with Gasteiger partial charge in [-0.05, 0) is 5.56 Å². The summed E-state index contributed by atoms with van der Waals surface area (Å²) in [6, 6.07) is 10.2. The molecule has 3 rings (SSSR count). The van der Waals surface area contributed by atoms with Gasteiger partial charge >= 0.3 is 0 Å². The molecule has 0 amide bonds. The first-order chi connectivity index (χ1) is 7.34. The Balaban J connectivity index is 1.80. The lowest BCUT2D eigenvalue weighted by Crippen LogP contribution is -1.91. The Morgan fingerprint density at radius 2 is 2.00 bits per heavy atom. The monoisotopic (exact) mass is 201 g/mol. The molecule has 2 unspecified atom stereocenters. The highest BCUT2D eigenvalue weighted by Gasteiger charge is 2.44. The van der Waals surface area contributed by atoms with Crippen LogP contribution in [0.5, 0.6) is 0 Å². The maximum atomic E-state index is 5.56. The minimum atomic E-state index is 0.0357. The third-order valence-electron chi connectivity index (χ3n) is 2.49. The molecule has 0 saturated carbocycles. The molecule has 76 valence electrons. The van der Waals surface area contributed by atoms with Crippen LogP contribution in [-0.2, 0) is 11.8 Å². The highest BCUT2D eigenvalue weighted by Crippen LogP contribution is 2.49. The minimum Gasteiger partial charge on any atom is -0.356 e. The van der Waals surface area contributed by atoms with E-state index < -0.39 is 0 Å². The summed E-state index contributed by atoms with van der Waals surface area (Å²) >= 11 is 0. The molecule has 4 nitrogen and oxygen atoms in total. The van der Waals surface area contributed by atoms with Gasteiger partial charge in [0.2, 0.25) is 0 Å². The van der Waals surface area contributed by atoms with Gasteiger partial charge in [-0.1, -0.05) is 30.3 Å². The van der Waals surface area contributed by atoms with Crippen molar-refractivity contribution in [2.45, 2.75) is 12.2 Å². The van der Waals surface area contributed by atoms with Gasteiger partial charge in [0.1, 0.15) is 12.4 Å². The topological polar surface area (TPSA) is 43.2 Å². The number of rotatable bonds is 2. The van der Waals surface area contributed by atoms with Gasteiger partial charge in [-0.25, -0.2) is 4.98 Å². The Kier molecular flexibility index (Phi) is 1.82. The molecular weight excluding hydrogens is 190 g/mol. The zero-order valence-electron chi connectivity index (χ0n) is 8.37. The fraction of sp³-hybridized carbons (Fsp3) is 0.273. The number of aromatic nitrogens is 3. The van der Waals surface area contributed by atoms with Crippen LogP contribution in [-0.4, -0.2) is 14.8 Å². The molecule has 15 heavy (non-hydrogen) atoms. The van der Waals surface area contributed by atoms with Gasteiger partial charge in [-0.2, -0.15) is 5.10 Å². The van der Waals surface area contributed by atoms with Crippen LogP contribution in [0.15, 0.2) is 36.7 Å². The third-order valence-corrected chi connectivity index (χ3v) is 2.49. The fourth-order valence-electron chi connectivity index (χ4n) is 1.69. The Morgan fingerprint density at radius 3 is 2.67 bits per heavy atom. The van der Waals surface area contributed by atoms with Crippen LogP contribution in [0.3, 0.4) is 0 Å². The molecule has 1 aromatic heterocycles. The Labute approximate surface area is 87.5 Å². The van der Waals surface area contributed by atoms with E-state index in [4.69, 9.17) is 4.74 Å². The van der Waals surface area contributed by atoms with E-state index in [-0.39, 0.29) is 12.2 Å². The summed E-state index contributed by atoms with van der Waals surface area (Å²) in [7, 11) is 1.86. The van der Waals surface area contributed by atoms with Crippen molar-refractivity contribution in [3.05, 3.63) is 48.0 Å². The molecular formula is C11H11N3O. The van der Waals surface area contributed by atoms with Crippen LogP contribution in [0.25, 0.3) is 0 Å². The van der Waals surface area contributed by atoms with E-state index in [1.54, 1.807) is 11.0 Å². The van der Waals surface area contributed by atoms with Crippen molar-refractivity contribution >= 4 is 0 Å². The molecule has 0 N–H and O–H groups in total. The van der Waals surface area contributed by atoms with Gasteiger partial charge in [0.15, 0.2) is 11.9 Å². The van der Waals surface area contributed by atoms with Crippen molar-refractivity contribution in [1.29, 1.82) is 0 Å². The summed E-state index contributed by atoms with van der Waals surface area (Å²) in [4.78, 5) is 4.18. The predicted octanol–water partition coefficient (Wildman–Crippen LogP) is 1.63. The maximum Gasteiger partial charge on any atom is 0.182 e. The van der Waals surface area contributed by atoms with Gasteiger partial charge in [0.05, 0.1) is 0 Å². The van der Waals surface area contributed by atoms with Gasteiger partial charge < -0.3 is 4.74 Å². The molecule has 4 heteroatoms. The number of hydrogen-bond acceptors (Lipinski definition) is 3. The van der Waals surface area contributed by atoms with E-state index in [0.29, 0.717) is 0 Å². The van der Waals surface area contributed by atoms with Crippen molar-refractivity contribution in [2.24, 2.45) is 7.05 Å². The lowest BCUT2D eigenvalue weighted by atomic mass is 10.1. The van der Waals surface area contributed by atoms with Crippen LogP contribution in [0.4, 0.5) is 0 Å². The van der Waals surface area contributed by atoms with Gasteiger partial charge in [0, 0.05) is 7.05 Å². The first kappa shape index (κ1) is 8.61. The standard InChI is InChI=1S/C11H11N3O/c1-14-7-12-11(13-14)10-9(15-10)8-5-3-2-4-6-8/h2-7,9-10H,1H3. The summed E-state index contributed by atoms with van der Waals surface area (Å²) in [5.74, 6) is 0.770. The van der Waals surface area contributed by atoms with Crippen LogP contribution >= 0.6 is 0 Å². The molecule has 1 aliphatic rings. The first-order valence-corrected chi connectivity index (χ1v) is 4.90. The normalized spacial score (nSPS) is 24.1. The molecule has 0 aliphatic carbocycles. The summed E-state index contributed by atoms with van der Waals surface area (Å²) in [5, 5.41) is 4.23. The van der Waals surface area contributed by atoms with Gasteiger partial charge in [-0.3, -0.25) is 4.68 Å². The lowest BCUT2D eigenvalue weighted by molar-refractivity contribution is 0.371. The quantitative estimate of drug-likeness (QED) is 0.693. The zero-order valence-corrected chi connectivity index (χ0v) is 8.37. The molecule has 1 saturated heterocycles. The van der Waals surface area contributed by atoms with E-state index in [0.717, 1.165) is 5.82 Å². The Morgan fingerprint density at radius 1 is 1.20 bits per heavy atom. The molecule has 2 heterocycles. The van der Waals surface area contributed by atoms with E-state index in [9.17, 15) is 0 Å². The van der Waals surface area contributed by atoms with E-state index in [2.05, 4.69) is 22.2 Å². The average Bonchev–Trinajstić information content (AvgIpc) is 2.96. The second kappa shape index (κ2) is 3.17. The van der Waals surface area contributed by atoms with Crippen molar-refractivity contribution < 1.29 is 4.74 Å². The summed E-state index contributed by atoms with van der Waals surface area (Å²) < 4.78 is 7.26. The number of ether oxygens (including phenoxy) is 1. The Bertz CT molecular complexity index is 466. The van der Waals surface area contributed by atoms with Crippen LogP contribution in [0.2, 0.25) is 0 Å². The second-order valence-electron chi connectivity index (χ2n) is 3.66. The number of benzene rings is 1. The highest BCUT2D eigenvalue weighted by atomic mass is 16.6. The van der Waals surface area contributed by atoms with Gasteiger partial charge in [0.25, 0.3) is 0 Å². The molecule has 2 atom stereocenters. The predicted molar refractivity (Wildman–Crippen MR) is 54.0 cm³/mol. The van der Waals surface area contributed by atoms with E-state index in [1.165, 1.54) is 5.56 Å². The molecule has 1 aromatic carbocycles. The van der Waals surface area contributed by atoms with E-state index in [1.807, 2.05) is 25.2 Å². The molecule has 0 radical (unpaired) electrons. The SMILES string of the molecule is Cn1cnc(C2OC2c2ccccc2)n1. The Hall–Kier alpha value is -1.68. The van der Waals surface area contributed by atoms with Crippen molar-refractivity contribution in [3.63, 3.8) is 0 Å². The van der Waals surface area contributed by atoms with Crippen molar-refractivity contribution in [1.82, 2.24) is 14.8 Å².